The molecule has 1 amide bonds. The largest absolute Gasteiger partial charge is 0.465 e. The summed E-state index contributed by atoms with van der Waals surface area (Å²) in [7, 11) is 0. The number of carbonyl (C=O) groups is 1. The molecule has 4 aromatic rings. The molecule has 0 aromatic carbocycles. The summed E-state index contributed by atoms with van der Waals surface area (Å²) in [5.74, 6) is 0.679. The van der Waals surface area contributed by atoms with E-state index in [2.05, 4.69) is 30.5 Å². The maximum absolute atomic E-state index is 13.6. The molecule has 0 atom stereocenters. The highest BCUT2D eigenvalue weighted by Gasteiger charge is 2.25. The van der Waals surface area contributed by atoms with Crippen molar-refractivity contribution < 1.29 is 18.7 Å². The standard InChI is InChI=1S/C20H19F2N7O2S/c1-9-24-18-12(17(21)22)6-13(28-29(18)27-9)15-8-23-14-7-16(32-19(14)26-15)10-2-4-11(5-3-10)25-20(30)31/h6-8,10-11,17,25H,2-5H2,1H3,(H,30,31). The second-order valence-electron chi connectivity index (χ2n) is 7.85. The van der Waals surface area contributed by atoms with Crippen molar-refractivity contribution in [3.05, 3.63) is 34.6 Å². The number of aromatic nitrogens is 6. The van der Waals surface area contributed by atoms with Gasteiger partial charge in [0.05, 0.1) is 11.8 Å². The molecule has 1 fully saturated rings. The summed E-state index contributed by atoms with van der Waals surface area (Å²) in [5, 5.41) is 19.8. The minimum absolute atomic E-state index is 0.00794. The molecule has 1 saturated carbocycles. The molecule has 5 rings (SSSR count). The lowest BCUT2D eigenvalue weighted by Gasteiger charge is -2.27. The average Bonchev–Trinajstić information content (AvgIpc) is 3.34. The summed E-state index contributed by atoms with van der Waals surface area (Å²) in [4.78, 5) is 25.8. The Hall–Kier alpha value is -3.28. The Bertz CT molecular complexity index is 1310. The van der Waals surface area contributed by atoms with E-state index in [-0.39, 0.29) is 22.9 Å². The summed E-state index contributed by atoms with van der Waals surface area (Å²) in [6.07, 6.45) is 1.15. The van der Waals surface area contributed by atoms with Gasteiger partial charge in [-0.1, -0.05) is 0 Å². The summed E-state index contributed by atoms with van der Waals surface area (Å²) in [5.41, 5.74) is 1.16. The van der Waals surface area contributed by atoms with Crippen molar-refractivity contribution >= 4 is 33.4 Å². The molecule has 0 saturated heterocycles. The van der Waals surface area contributed by atoms with Crippen LogP contribution in [0.5, 0.6) is 0 Å². The number of carboxylic acid groups (broad SMARTS) is 1. The third-order valence-corrected chi connectivity index (χ3v) is 6.85. The fourth-order valence-corrected chi connectivity index (χ4v) is 5.29. The summed E-state index contributed by atoms with van der Waals surface area (Å²) in [6.45, 7) is 1.62. The van der Waals surface area contributed by atoms with E-state index in [1.165, 1.54) is 23.6 Å². The fourth-order valence-electron chi connectivity index (χ4n) is 4.14. The van der Waals surface area contributed by atoms with Crippen molar-refractivity contribution in [3.8, 4) is 11.4 Å². The predicted molar refractivity (Wildman–Crippen MR) is 113 cm³/mol. The predicted octanol–water partition coefficient (Wildman–Crippen LogP) is 4.34. The first-order valence-electron chi connectivity index (χ1n) is 10.2. The first-order valence-corrected chi connectivity index (χ1v) is 11.0. The van der Waals surface area contributed by atoms with Gasteiger partial charge in [0.25, 0.3) is 6.43 Å². The van der Waals surface area contributed by atoms with Gasteiger partial charge in [-0.3, -0.25) is 4.98 Å². The van der Waals surface area contributed by atoms with Crippen LogP contribution in [0.25, 0.3) is 27.4 Å². The molecule has 166 valence electrons. The van der Waals surface area contributed by atoms with E-state index >= 15 is 0 Å². The molecule has 0 unspecified atom stereocenters. The monoisotopic (exact) mass is 459 g/mol. The number of thiophene rings is 1. The first-order chi connectivity index (χ1) is 15.4. The number of aryl methyl sites for hydroxylation is 1. The van der Waals surface area contributed by atoms with Gasteiger partial charge in [-0.2, -0.15) is 0 Å². The Kier molecular flexibility index (Phi) is 5.16. The van der Waals surface area contributed by atoms with Crippen LogP contribution in [0.1, 0.15) is 54.3 Å². The van der Waals surface area contributed by atoms with Crippen molar-refractivity contribution in [2.45, 2.75) is 51.0 Å². The Morgan fingerprint density at radius 1 is 1.19 bits per heavy atom. The van der Waals surface area contributed by atoms with Crippen molar-refractivity contribution in [1.29, 1.82) is 0 Å². The zero-order valence-electron chi connectivity index (χ0n) is 17.0. The Morgan fingerprint density at radius 2 is 1.97 bits per heavy atom. The van der Waals surface area contributed by atoms with E-state index in [9.17, 15) is 13.6 Å². The summed E-state index contributed by atoms with van der Waals surface area (Å²) >= 11 is 1.52. The lowest BCUT2D eigenvalue weighted by molar-refractivity contribution is 0.152. The Morgan fingerprint density at radius 3 is 2.69 bits per heavy atom. The number of halogens is 2. The molecule has 1 aliphatic rings. The second-order valence-corrected chi connectivity index (χ2v) is 8.91. The lowest BCUT2D eigenvalue weighted by Crippen LogP contribution is -2.36. The molecule has 9 nitrogen and oxygen atoms in total. The molecule has 4 heterocycles. The lowest BCUT2D eigenvalue weighted by atomic mass is 9.85. The van der Waals surface area contributed by atoms with E-state index in [1.54, 1.807) is 6.92 Å². The van der Waals surface area contributed by atoms with Crippen LogP contribution in [0.3, 0.4) is 0 Å². The molecule has 32 heavy (non-hydrogen) atoms. The molecule has 0 bridgehead atoms. The maximum Gasteiger partial charge on any atom is 0.404 e. The Balaban J connectivity index is 1.44. The summed E-state index contributed by atoms with van der Waals surface area (Å²) in [6, 6.07) is 3.29. The Labute approximate surface area is 184 Å². The van der Waals surface area contributed by atoms with Crippen LogP contribution in [0.15, 0.2) is 18.3 Å². The highest BCUT2D eigenvalue weighted by Crippen LogP contribution is 2.38. The molecule has 0 radical (unpaired) electrons. The SMILES string of the molecule is Cc1nc2c(C(F)F)cc(-c3cnc4cc(C5CCC(NC(=O)O)CC5)sc4n3)nn2n1. The smallest absolute Gasteiger partial charge is 0.404 e. The number of alkyl halides is 2. The molecule has 2 N–H and O–H groups in total. The zero-order valence-corrected chi connectivity index (χ0v) is 17.8. The van der Waals surface area contributed by atoms with Crippen LogP contribution in [0.4, 0.5) is 13.6 Å². The van der Waals surface area contributed by atoms with Crippen molar-refractivity contribution in [2.24, 2.45) is 0 Å². The number of nitrogens with one attached hydrogen (secondary N) is 1. The minimum Gasteiger partial charge on any atom is -0.465 e. The van der Waals surface area contributed by atoms with Crippen molar-refractivity contribution in [3.63, 3.8) is 0 Å². The quantitative estimate of drug-likeness (QED) is 0.466. The molecule has 12 heteroatoms. The third-order valence-electron chi connectivity index (χ3n) is 5.66. The molecule has 0 aliphatic heterocycles. The van der Waals surface area contributed by atoms with Gasteiger partial charge in [-0.05, 0) is 50.7 Å². The van der Waals surface area contributed by atoms with Gasteiger partial charge in [0, 0.05) is 10.9 Å². The maximum atomic E-state index is 13.6. The third kappa shape index (κ3) is 3.85. The van der Waals surface area contributed by atoms with Crippen LogP contribution >= 0.6 is 11.3 Å². The zero-order chi connectivity index (χ0) is 22.4. The number of nitrogens with zero attached hydrogens (tertiary/aromatic N) is 6. The van der Waals surface area contributed by atoms with Gasteiger partial charge in [-0.25, -0.2) is 23.5 Å². The number of amides is 1. The van der Waals surface area contributed by atoms with Gasteiger partial charge >= 0.3 is 6.09 Å². The highest BCUT2D eigenvalue weighted by molar-refractivity contribution is 7.18. The van der Waals surface area contributed by atoms with E-state index in [0.29, 0.717) is 22.3 Å². The molecular formula is C20H19F2N7O2S. The number of rotatable bonds is 4. The van der Waals surface area contributed by atoms with Gasteiger partial charge < -0.3 is 10.4 Å². The normalized spacial score (nSPS) is 19.1. The van der Waals surface area contributed by atoms with Crippen LogP contribution in [-0.4, -0.2) is 47.0 Å². The van der Waals surface area contributed by atoms with E-state index in [1.807, 2.05) is 6.07 Å². The minimum atomic E-state index is -2.72. The van der Waals surface area contributed by atoms with Crippen molar-refractivity contribution in [1.82, 2.24) is 35.1 Å². The molecular weight excluding hydrogens is 440 g/mol. The van der Waals surface area contributed by atoms with Crippen LogP contribution in [0.2, 0.25) is 0 Å². The molecule has 1 aliphatic carbocycles. The van der Waals surface area contributed by atoms with Gasteiger partial charge in [0.2, 0.25) is 0 Å². The highest BCUT2D eigenvalue weighted by atomic mass is 32.1. The molecule has 4 aromatic heterocycles. The van der Waals surface area contributed by atoms with Crippen LogP contribution in [0, 0.1) is 6.92 Å². The number of fused-ring (bicyclic) bond motifs is 2. The fraction of sp³-hybridized carbons (Fsp3) is 0.400. The van der Waals surface area contributed by atoms with Crippen molar-refractivity contribution in [2.75, 3.05) is 0 Å². The average molecular weight is 459 g/mol. The van der Waals surface area contributed by atoms with E-state index < -0.39 is 12.5 Å². The van der Waals surface area contributed by atoms with Gasteiger partial charge in [0.1, 0.15) is 27.6 Å². The number of hydrogen-bond acceptors (Lipinski definition) is 7. The van der Waals surface area contributed by atoms with Gasteiger partial charge in [0.15, 0.2) is 5.65 Å². The van der Waals surface area contributed by atoms with E-state index in [0.717, 1.165) is 40.7 Å². The van der Waals surface area contributed by atoms with Crippen LogP contribution in [-0.2, 0) is 0 Å². The first kappa shape index (κ1) is 20.6. The second kappa shape index (κ2) is 8.01. The summed E-state index contributed by atoms with van der Waals surface area (Å²) < 4.78 is 28.3. The number of hydrogen-bond donors (Lipinski definition) is 2. The topological polar surface area (TPSA) is 118 Å². The van der Waals surface area contributed by atoms with Gasteiger partial charge in [-0.15, -0.1) is 26.2 Å². The van der Waals surface area contributed by atoms with Crippen LogP contribution < -0.4 is 5.32 Å². The molecule has 0 spiro atoms. The van der Waals surface area contributed by atoms with E-state index in [4.69, 9.17) is 5.11 Å².